The lowest BCUT2D eigenvalue weighted by molar-refractivity contribution is -0.146. The average molecular weight is 222 g/mol. The number of benzene rings is 1. The first-order chi connectivity index (χ1) is 7.51. The van der Waals surface area contributed by atoms with Crippen LogP contribution in [0.3, 0.4) is 0 Å². The van der Waals surface area contributed by atoms with Crippen molar-refractivity contribution in [3.8, 4) is 11.5 Å². The van der Waals surface area contributed by atoms with Crippen molar-refractivity contribution in [1.82, 2.24) is 0 Å². The second-order valence-electron chi connectivity index (χ2n) is 4.07. The van der Waals surface area contributed by atoms with Gasteiger partial charge in [0.25, 0.3) is 0 Å². The molecule has 0 amide bonds. The van der Waals surface area contributed by atoms with Crippen LogP contribution in [-0.2, 0) is 4.79 Å². The molecule has 2 atom stereocenters. The van der Waals surface area contributed by atoms with Crippen LogP contribution in [-0.4, -0.2) is 29.2 Å². The molecule has 86 valence electrons. The quantitative estimate of drug-likeness (QED) is 0.816. The van der Waals surface area contributed by atoms with Crippen LogP contribution in [0.1, 0.15) is 13.8 Å². The first-order valence-electron chi connectivity index (χ1n) is 5.13. The highest BCUT2D eigenvalue weighted by molar-refractivity contribution is 5.85. The molecule has 0 fully saturated rings. The van der Waals surface area contributed by atoms with Gasteiger partial charge >= 0.3 is 0 Å². The maximum atomic E-state index is 11.3. The molecule has 1 aliphatic rings. The second kappa shape index (κ2) is 3.79. The average Bonchev–Trinajstić information content (AvgIpc) is 2.28. The van der Waals surface area contributed by atoms with E-state index in [-0.39, 0.29) is 12.4 Å². The van der Waals surface area contributed by atoms with Gasteiger partial charge in [0.2, 0.25) is 0 Å². The summed E-state index contributed by atoms with van der Waals surface area (Å²) in [5, 5.41) is 9.99. The summed E-state index contributed by atoms with van der Waals surface area (Å²) in [6.07, 6.45) is -0.667. The largest absolute Gasteiger partial charge is 0.486 e. The minimum Gasteiger partial charge on any atom is -0.486 e. The third-order valence-electron chi connectivity index (χ3n) is 2.85. The Hall–Kier alpha value is -1.55. The van der Waals surface area contributed by atoms with Gasteiger partial charge in [0.1, 0.15) is 6.61 Å². The number of fused-ring (bicyclic) bond motifs is 1. The molecule has 4 heteroatoms. The van der Waals surface area contributed by atoms with Crippen LogP contribution in [0, 0.1) is 0 Å². The maximum Gasteiger partial charge on any atom is 0.168 e. The van der Waals surface area contributed by atoms with Gasteiger partial charge in [-0.05, 0) is 26.0 Å². The molecule has 0 bridgehead atoms. The van der Waals surface area contributed by atoms with Crippen molar-refractivity contribution in [3.05, 3.63) is 24.3 Å². The molecule has 1 aliphatic heterocycles. The number of Topliss-reactive ketones (excluding diaryl/α,β-unsaturated/α-hetero) is 1. The van der Waals surface area contributed by atoms with E-state index in [1.807, 2.05) is 12.1 Å². The normalized spacial score (nSPS) is 22.3. The van der Waals surface area contributed by atoms with Crippen LogP contribution < -0.4 is 9.47 Å². The molecule has 1 aromatic carbocycles. The summed E-state index contributed by atoms with van der Waals surface area (Å²) < 4.78 is 11.0. The van der Waals surface area contributed by atoms with Crippen LogP contribution in [0.4, 0.5) is 0 Å². The van der Waals surface area contributed by atoms with E-state index in [1.165, 1.54) is 13.8 Å². The van der Waals surface area contributed by atoms with E-state index in [1.54, 1.807) is 12.1 Å². The number of ether oxygens (including phenoxy) is 2. The summed E-state index contributed by atoms with van der Waals surface area (Å²) in [4.78, 5) is 11.3. The molecule has 0 aromatic heterocycles. The van der Waals surface area contributed by atoms with Gasteiger partial charge in [0, 0.05) is 0 Å². The predicted octanol–water partition coefficient (Wildman–Crippen LogP) is 1.17. The number of para-hydroxylation sites is 2. The van der Waals surface area contributed by atoms with Gasteiger partial charge in [-0.2, -0.15) is 0 Å². The van der Waals surface area contributed by atoms with Crippen molar-refractivity contribution >= 4 is 5.78 Å². The van der Waals surface area contributed by atoms with E-state index in [4.69, 9.17) is 9.47 Å². The topological polar surface area (TPSA) is 55.8 Å². The lowest BCUT2D eigenvalue weighted by atomic mass is 9.94. The van der Waals surface area contributed by atoms with Crippen molar-refractivity contribution in [2.45, 2.75) is 25.6 Å². The molecular weight excluding hydrogens is 208 g/mol. The Labute approximate surface area is 93.8 Å². The minimum atomic E-state index is -1.52. The fraction of sp³-hybridized carbons (Fsp3) is 0.417. The van der Waals surface area contributed by atoms with E-state index in [0.717, 1.165) is 0 Å². The maximum absolute atomic E-state index is 11.3. The highest BCUT2D eigenvalue weighted by atomic mass is 16.6. The first kappa shape index (κ1) is 11.0. The molecule has 0 unspecified atom stereocenters. The summed E-state index contributed by atoms with van der Waals surface area (Å²) in [5.74, 6) is 0.860. The monoisotopic (exact) mass is 222 g/mol. The highest BCUT2D eigenvalue weighted by Crippen LogP contribution is 2.33. The van der Waals surface area contributed by atoms with E-state index in [0.29, 0.717) is 11.5 Å². The van der Waals surface area contributed by atoms with Gasteiger partial charge in [-0.15, -0.1) is 0 Å². The van der Waals surface area contributed by atoms with Gasteiger partial charge in [0.15, 0.2) is 29.0 Å². The summed E-state index contributed by atoms with van der Waals surface area (Å²) in [5.41, 5.74) is -1.52. The Bertz CT molecular complexity index is 411. The summed E-state index contributed by atoms with van der Waals surface area (Å²) in [6.45, 7) is 2.95. The molecule has 16 heavy (non-hydrogen) atoms. The molecule has 0 aliphatic carbocycles. The van der Waals surface area contributed by atoms with Crippen molar-refractivity contribution < 1.29 is 19.4 Å². The zero-order valence-corrected chi connectivity index (χ0v) is 9.27. The van der Waals surface area contributed by atoms with Crippen molar-refractivity contribution in [3.63, 3.8) is 0 Å². The zero-order valence-electron chi connectivity index (χ0n) is 9.27. The number of rotatable bonds is 2. The number of hydrogen-bond acceptors (Lipinski definition) is 4. The Morgan fingerprint density at radius 2 is 2.06 bits per heavy atom. The Morgan fingerprint density at radius 3 is 2.69 bits per heavy atom. The van der Waals surface area contributed by atoms with Crippen LogP contribution in [0.15, 0.2) is 24.3 Å². The van der Waals surface area contributed by atoms with E-state index in [9.17, 15) is 9.90 Å². The van der Waals surface area contributed by atoms with Gasteiger partial charge in [0.05, 0.1) is 0 Å². The van der Waals surface area contributed by atoms with Gasteiger partial charge in [-0.3, -0.25) is 4.79 Å². The van der Waals surface area contributed by atoms with Crippen LogP contribution in [0.5, 0.6) is 11.5 Å². The molecule has 1 heterocycles. The lowest BCUT2D eigenvalue weighted by Gasteiger charge is -2.34. The van der Waals surface area contributed by atoms with Crippen LogP contribution in [0.2, 0.25) is 0 Å². The Balaban J connectivity index is 2.23. The third-order valence-corrected chi connectivity index (χ3v) is 2.85. The van der Waals surface area contributed by atoms with Crippen molar-refractivity contribution in [1.29, 1.82) is 0 Å². The van der Waals surface area contributed by atoms with Crippen LogP contribution >= 0.6 is 0 Å². The molecule has 1 aromatic rings. The SMILES string of the molecule is CC(=O)[C@@](C)(O)[C@H]1COc2ccccc2O1. The standard InChI is InChI=1S/C12H14O4/c1-8(13)12(2,14)11-7-15-9-5-3-4-6-10(9)16-11/h3-6,11,14H,7H2,1-2H3/t11-,12-/m1/s1. The molecule has 0 saturated carbocycles. The Morgan fingerprint density at radius 1 is 1.44 bits per heavy atom. The fourth-order valence-corrected chi connectivity index (χ4v) is 1.52. The highest BCUT2D eigenvalue weighted by Gasteiger charge is 2.41. The molecule has 1 N–H and O–H groups in total. The van der Waals surface area contributed by atoms with Gasteiger partial charge in [-0.1, -0.05) is 12.1 Å². The molecule has 4 nitrogen and oxygen atoms in total. The second-order valence-corrected chi connectivity index (χ2v) is 4.07. The number of hydrogen-bond donors (Lipinski definition) is 1. The number of aliphatic hydroxyl groups is 1. The predicted molar refractivity (Wildman–Crippen MR) is 57.7 cm³/mol. The van der Waals surface area contributed by atoms with Crippen molar-refractivity contribution in [2.75, 3.05) is 6.61 Å². The van der Waals surface area contributed by atoms with Gasteiger partial charge < -0.3 is 14.6 Å². The lowest BCUT2D eigenvalue weighted by Crippen LogP contribution is -2.52. The fourth-order valence-electron chi connectivity index (χ4n) is 1.52. The minimum absolute atomic E-state index is 0.170. The number of ketones is 1. The molecule has 0 radical (unpaired) electrons. The van der Waals surface area contributed by atoms with E-state index < -0.39 is 11.7 Å². The molecule has 2 rings (SSSR count). The summed E-state index contributed by atoms with van der Waals surface area (Å²) >= 11 is 0. The Kier molecular flexibility index (Phi) is 2.59. The summed E-state index contributed by atoms with van der Waals surface area (Å²) in [7, 11) is 0. The molecule has 0 spiro atoms. The zero-order chi connectivity index (χ0) is 11.8. The van der Waals surface area contributed by atoms with Crippen molar-refractivity contribution in [2.24, 2.45) is 0 Å². The number of carbonyl (C=O) groups is 1. The smallest absolute Gasteiger partial charge is 0.168 e. The van der Waals surface area contributed by atoms with E-state index >= 15 is 0 Å². The molecular formula is C12H14O4. The summed E-state index contributed by atoms with van der Waals surface area (Å²) in [6, 6.07) is 7.18. The van der Waals surface area contributed by atoms with Gasteiger partial charge in [-0.25, -0.2) is 0 Å². The van der Waals surface area contributed by atoms with Crippen LogP contribution in [0.25, 0.3) is 0 Å². The first-order valence-corrected chi connectivity index (χ1v) is 5.13. The number of carbonyl (C=O) groups excluding carboxylic acids is 1. The van der Waals surface area contributed by atoms with E-state index in [2.05, 4.69) is 0 Å². The third kappa shape index (κ3) is 1.76. The molecule has 0 saturated heterocycles.